The van der Waals surface area contributed by atoms with Gasteiger partial charge >= 0.3 is 0 Å². The van der Waals surface area contributed by atoms with Crippen LogP contribution in [-0.4, -0.2) is 67.1 Å². The number of pyridine rings is 1. The summed E-state index contributed by atoms with van der Waals surface area (Å²) in [5, 5.41) is 2.42. The summed E-state index contributed by atoms with van der Waals surface area (Å²) < 4.78 is 24.6. The number of rotatable bonds is 12. The van der Waals surface area contributed by atoms with E-state index >= 15 is 0 Å². The molecule has 0 bridgehead atoms. The summed E-state index contributed by atoms with van der Waals surface area (Å²) in [6, 6.07) is 7.48. The van der Waals surface area contributed by atoms with Gasteiger partial charge in [-0.05, 0) is 30.3 Å². The molecule has 3 rings (SSSR count). The fourth-order valence-corrected chi connectivity index (χ4v) is 3.66. The van der Waals surface area contributed by atoms with Crippen LogP contribution < -0.4 is 5.32 Å². The number of benzene rings is 1. The number of halogens is 3. The van der Waals surface area contributed by atoms with Crippen LogP contribution in [0.25, 0.3) is 0 Å². The molecule has 11 heteroatoms. The lowest BCUT2D eigenvalue weighted by Gasteiger charge is -2.21. The summed E-state index contributed by atoms with van der Waals surface area (Å²) in [4.78, 5) is 34.7. The number of carbonyl (C=O) groups excluding carboxylic acids is 2. The number of methoxy groups -OCH3 is 2. The number of carbonyl (C=O) groups is 2. The highest BCUT2D eigenvalue weighted by Gasteiger charge is 2.22. The zero-order valence-corrected chi connectivity index (χ0v) is 20.8. The van der Waals surface area contributed by atoms with Crippen molar-refractivity contribution in [3.05, 3.63) is 81.1 Å². The third-order valence-electron chi connectivity index (χ3n) is 5.15. The molecule has 35 heavy (non-hydrogen) atoms. The maximum Gasteiger partial charge on any atom is 0.272 e. The quantitative estimate of drug-likeness (QED) is 0.269. The highest BCUT2D eigenvalue weighted by Crippen LogP contribution is 2.28. The Hall–Kier alpha value is -2.82. The molecule has 0 radical (unpaired) electrons. The molecule has 0 aliphatic carbocycles. The summed E-state index contributed by atoms with van der Waals surface area (Å²) in [7, 11) is 3.30. The average molecular weight is 523 g/mol. The Morgan fingerprint density at radius 2 is 1.77 bits per heavy atom. The van der Waals surface area contributed by atoms with Crippen molar-refractivity contribution in [3.63, 3.8) is 0 Å². The maximum absolute atomic E-state index is 14.3. The van der Waals surface area contributed by atoms with Crippen molar-refractivity contribution in [1.29, 1.82) is 0 Å². The predicted octanol–water partition coefficient (Wildman–Crippen LogP) is 4.43. The van der Waals surface area contributed by atoms with Gasteiger partial charge in [0, 0.05) is 45.6 Å². The smallest absolute Gasteiger partial charge is 0.272 e. The Morgan fingerprint density at radius 3 is 2.40 bits per heavy atom. The molecule has 1 amide bonds. The monoisotopic (exact) mass is 522 g/mol. The second kappa shape index (κ2) is 12.8. The molecule has 186 valence electrons. The van der Waals surface area contributed by atoms with Crippen LogP contribution in [-0.2, 0) is 16.0 Å². The number of ketones is 1. The lowest BCUT2D eigenvalue weighted by molar-refractivity contribution is 0.102. The highest BCUT2D eigenvalue weighted by atomic mass is 35.5. The number of amides is 1. The van der Waals surface area contributed by atoms with Gasteiger partial charge in [-0.2, -0.15) is 0 Å². The number of H-pyrrole nitrogens is 1. The number of aromatic amines is 1. The van der Waals surface area contributed by atoms with Gasteiger partial charge in [0.1, 0.15) is 5.69 Å². The van der Waals surface area contributed by atoms with E-state index < -0.39 is 17.5 Å². The van der Waals surface area contributed by atoms with Gasteiger partial charge in [0.25, 0.3) is 5.91 Å². The summed E-state index contributed by atoms with van der Waals surface area (Å²) in [5.74, 6) is -2.09. The lowest BCUT2D eigenvalue weighted by atomic mass is 10.0. The molecule has 0 fully saturated rings. The van der Waals surface area contributed by atoms with E-state index in [1.54, 1.807) is 26.5 Å². The van der Waals surface area contributed by atoms with Gasteiger partial charge in [-0.1, -0.05) is 23.2 Å². The van der Waals surface area contributed by atoms with Crippen LogP contribution in [0.5, 0.6) is 0 Å². The molecule has 8 nitrogen and oxygen atoms in total. The van der Waals surface area contributed by atoms with Crippen molar-refractivity contribution in [2.45, 2.75) is 6.54 Å². The van der Waals surface area contributed by atoms with Crippen LogP contribution in [0.3, 0.4) is 0 Å². The standard InChI is InChI=1S/C24H25Cl2FN4O4/c1-34-9-7-31(8-10-35-2)14-17-4-3-16(13-28-17)30-24(33)20-11-15(12-29-20)23(32)21-18(25)5-6-19(26)22(21)27/h3-6,11-13,29H,7-10,14H2,1-2H3,(H,30,33). The van der Waals surface area contributed by atoms with Gasteiger partial charge in [0.2, 0.25) is 0 Å². The molecular weight excluding hydrogens is 498 g/mol. The minimum absolute atomic E-state index is 0.0684. The number of hydrogen-bond acceptors (Lipinski definition) is 6. The molecule has 0 spiro atoms. The van der Waals surface area contributed by atoms with Gasteiger partial charge in [-0.25, -0.2) is 4.39 Å². The SMILES string of the molecule is COCCN(CCOC)Cc1ccc(NC(=O)c2cc(C(=O)c3c(Cl)ccc(Cl)c3F)c[nH]2)cn1. The van der Waals surface area contributed by atoms with Crippen molar-refractivity contribution < 1.29 is 23.5 Å². The van der Waals surface area contributed by atoms with E-state index in [2.05, 4.69) is 20.2 Å². The van der Waals surface area contributed by atoms with Gasteiger partial charge in [0.05, 0.1) is 46.4 Å². The molecule has 0 atom stereocenters. The van der Waals surface area contributed by atoms with Gasteiger partial charge < -0.3 is 19.8 Å². The van der Waals surface area contributed by atoms with Crippen LogP contribution in [0.4, 0.5) is 10.1 Å². The van der Waals surface area contributed by atoms with Crippen molar-refractivity contribution in [2.24, 2.45) is 0 Å². The number of hydrogen-bond donors (Lipinski definition) is 2. The summed E-state index contributed by atoms with van der Waals surface area (Å²) in [5.41, 5.74) is 1.13. The van der Waals surface area contributed by atoms with E-state index in [1.165, 1.54) is 24.4 Å². The summed E-state index contributed by atoms with van der Waals surface area (Å²) >= 11 is 11.8. The fraction of sp³-hybridized carbons (Fsp3) is 0.292. The van der Waals surface area contributed by atoms with E-state index in [9.17, 15) is 14.0 Å². The normalized spacial score (nSPS) is 11.1. The minimum Gasteiger partial charge on any atom is -0.383 e. The first-order valence-corrected chi connectivity index (χ1v) is 11.4. The highest BCUT2D eigenvalue weighted by molar-refractivity contribution is 6.37. The van der Waals surface area contributed by atoms with Crippen LogP contribution in [0, 0.1) is 5.82 Å². The first kappa shape index (κ1) is 26.8. The van der Waals surface area contributed by atoms with Crippen LogP contribution in [0.15, 0.2) is 42.7 Å². The molecule has 2 heterocycles. The Morgan fingerprint density at radius 1 is 1.09 bits per heavy atom. The Labute approximate surface area is 212 Å². The first-order valence-electron chi connectivity index (χ1n) is 10.7. The van der Waals surface area contributed by atoms with Crippen molar-refractivity contribution in [2.75, 3.05) is 45.8 Å². The Kier molecular flexibility index (Phi) is 9.76. The van der Waals surface area contributed by atoms with Crippen LogP contribution >= 0.6 is 23.2 Å². The van der Waals surface area contributed by atoms with Crippen LogP contribution in [0.1, 0.15) is 32.1 Å². The second-order valence-corrected chi connectivity index (χ2v) is 8.42. The molecule has 3 aromatic rings. The van der Waals surface area contributed by atoms with Gasteiger partial charge in [0.15, 0.2) is 11.6 Å². The zero-order chi connectivity index (χ0) is 25.4. The minimum atomic E-state index is -0.912. The maximum atomic E-state index is 14.3. The Balaban J connectivity index is 1.65. The molecule has 0 aliphatic rings. The first-order chi connectivity index (χ1) is 16.8. The van der Waals surface area contributed by atoms with E-state index in [0.29, 0.717) is 25.4 Å². The number of nitrogens with one attached hydrogen (secondary N) is 2. The second-order valence-electron chi connectivity index (χ2n) is 7.60. The molecular formula is C24H25Cl2FN4O4. The van der Waals surface area contributed by atoms with E-state index in [-0.39, 0.29) is 26.9 Å². The number of anilines is 1. The van der Waals surface area contributed by atoms with Gasteiger partial charge in [-0.3, -0.25) is 19.5 Å². The van der Waals surface area contributed by atoms with Crippen LogP contribution in [0.2, 0.25) is 10.0 Å². The molecule has 0 saturated carbocycles. The largest absolute Gasteiger partial charge is 0.383 e. The van der Waals surface area contributed by atoms with Crippen molar-refractivity contribution in [3.8, 4) is 0 Å². The molecule has 2 N–H and O–H groups in total. The number of nitrogens with zero attached hydrogens (tertiary/aromatic N) is 2. The number of aromatic nitrogens is 2. The average Bonchev–Trinajstić information content (AvgIpc) is 3.35. The lowest BCUT2D eigenvalue weighted by Crippen LogP contribution is -2.30. The van der Waals surface area contributed by atoms with Gasteiger partial charge in [-0.15, -0.1) is 0 Å². The molecule has 0 saturated heterocycles. The number of ether oxygens (including phenoxy) is 2. The van der Waals surface area contributed by atoms with E-state index in [0.717, 1.165) is 18.8 Å². The predicted molar refractivity (Wildman–Crippen MR) is 132 cm³/mol. The Bertz CT molecular complexity index is 1160. The molecule has 0 aliphatic heterocycles. The fourth-order valence-electron chi connectivity index (χ4n) is 3.27. The zero-order valence-electron chi connectivity index (χ0n) is 19.2. The van der Waals surface area contributed by atoms with Crippen molar-refractivity contribution in [1.82, 2.24) is 14.9 Å². The third-order valence-corrected chi connectivity index (χ3v) is 5.76. The molecule has 2 aromatic heterocycles. The summed E-state index contributed by atoms with van der Waals surface area (Å²) in [6.45, 7) is 3.26. The third kappa shape index (κ3) is 7.09. The molecule has 1 aromatic carbocycles. The van der Waals surface area contributed by atoms with E-state index in [1.807, 2.05) is 6.07 Å². The molecule has 0 unspecified atom stereocenters. The van der Waals surface area contributed by atoms with E-state index in [4.69, 9.17) is 32.7 Å². The topological polar surface area (TPSA) is 96.5 Å². The van der Waals surface area contributed by atoms with Crippen molar-refractivity contribution >= 4 is 40.6 Å². The summed E-state index contributed by atoms with van der Waals surface area (Å²) in [6.07, 6.45) is 2.86.